The summed E-state index contributed by atoms with van der Waals surface area (Å²) in [6.07, 6.45) is 1.19. The van der Waals surface area contributed by atoms with Crippen LogP contribution in [0.1, 0.15) is 44.3 Å². The van der Waals surface area contributed by atoms with Crippen molar-refractivity contribution in [3.63, 3.8) is 0 Å². The lowest BCUT2D eigenvalue weighted by atomic mass is 10.1. The van der Waals surface area contributed by atoms with Crippen molar-refractivity contribution in [1.29, 1.82) is 0 Å². The Kier molecular flexibility index (Phi) is 6.18. The molecule has 0 spiro atoms. The number of sulfone groups is 1. The molecule has 158 valence electrons. The maximum Gasteiger partial charge on any atom is 0.339 e. The molecule has 1 aliphatic heterocycles. The van der Waals surface area contributed by atoms with Gasteiger partial charge in [-0.15, -0.1) is 10.2 Å². The Morgan fingerprint density at radius 3 is 2.66 bits per heavy atom. The van der Waals surface area contributed by atoms with Crippen molar-refractivity contribution in [3.05, 3.63) is 28.3 Å². The number of hydrogen-bond acceptors (Lipinski definition) is 8. The average molecular weight is 441 g/mol. The normalized spacial score (nSPS) is 18.1. The zero-order chi connectivity index (χ0) is 21.3. The van der Waals surface area contributed by atoms with Gasteiger partial charge in [0.25, 0.3) is 0 Å². The van der Waals surface area contributed by atoms with Crippen molar-refractivity contribution >= 4 is 33.4 Å². The number of thioether (sulfide) groups is 1. The van der Waals surface area contributed by atoms with Gasteiger partial charge in [0.15, 0.2) is 20.8 Å². The third-order valence-electron chi connectivity index (χ3n) is 5.16. The average Bonchev–Trinajstić information content (AvgIpc) is 3.29. The molecular weight excluding hydrogens is 416 g/mol. The number of nitrogens with one attached hydrogen (secondary N) is 1. The van der Waals surface area contributed by atoms with E-state index in [2.05, 4.69) is 15.2 Å². The second-order valence-electron chi connectivity index (χ2n) is 7.26. The van der Waals surface area contributed by atoms with Gasteiger partial charge in [-0.1, -0.05) is 11.8 Å². The summed E-state index contributed by atoms with van der Waals surface area (Å²) in [5.74, 6) is 0.686. The smallest absolute Gasteiger partial charge is 0.339 e. The molecule has 1 unspecified atom stereocenters. The number of aromatic amines is 1. The van der Waals surface area contributed by atoms with Gasteiger partial charge in [-0.25, -0.2) is 13.2 Å². The van der Waals surface area contributed by atoms with Gasteiger partial charge >= 0.3 is 5.97 Å². The summed E-state index contributed by atoms with van der Waals surface area (Å²) in [6, 6.07) is 0. The number of carbonyl (C=O) groups excluding carboxylic acids is 2. The van der Waals surface area contributed by atoms with Gasteiger partial charge in [-0.3, -0.25) is 4.79 Å². The van der Waals surface area contributed by atoms with E-state index in [1.165, 1.54) is 18.9 Å². The molecule has 1 saturated heterocycles. The molecule has 3 heterocycles. The quantitative estimate of drug-likeness (QED) is 0.390. The number of esters is 1. The van der Waals surface area contributed by atoms with Crippen molar-refractivity contribution < 1.29 is 22.7 Å². The molecule has 1 N–H and O–H groups in total. The number of carbonyl (C=O) groups is 2. The van der Waals surface area contributed by atoms with Crippen LogP contribution in [0.2, 0.25) is 0 Å². The fraction of sp³-hybridized carbons (Fsp3) is 0.556. The lowest BCUT2D eigenvalue weighted by molar-refractivity contribution is 0.0599. The predicted molar refractivity (Wildman–Crippen MR) is 108 cm³/mol. The Labute approximate surface area is 173 Å². The van der Waals surface area contributed by atoms with Gasteiger partial charge in [0.05, 0.1) is 35.6 Å². The van der Waals surface area contributed by atoms with Gasteiger partial charge in [0, 0.05) is 19.2 Å². The molecule has 2 aromatic heterocycles. The molecule has 1 aliphatic rings. The monoisotopic (exact) mass is 440 g/mol. The lowest BCUT2D eigenvalue weighted by Crippen LogP contribution is -2.11. The van der Waals surface area contributed by atoms with E-state index in [0.29, 0.717) is 46.3 Å². The maximum absolute atomic E-state index is 12.7. The minimum absolute atomic E-state index is 0.0590. The number of nitrogens with zero attached hydrogens (tertiary/aromatic N) is 3. The highest BCUT2D eigenvalue weighted by atomic mass is 32.2. The van der Waals surface area contributed by atoms with E-state index in [-0.39, 0.29) is 29.0 Å². The number of H-pyrrole nitrogens is 1. The molecule has 1 fully saturated rings. The Morgan fingerprint density at radius 1 is 1.31 bits per heavy atom. The summed E-state index contributed by atoms with van der Waals surface area (Å²) in [6.45, 7) is 3.44. The third kappa shape index (κ3) is 4.55. The number of methoxy groups -OCH3 is 1. The second-order valence-corrected chi connectivity index (χ2v) is 10.4. The molecular formula is C18H24N4O5S2. The van der Waals surface area contributed by atoms with E-state index in [1.54, 1.807) is 18.4 Å². The second kappa shape index (κ2) is 8.31. The Bertz CT molecular complexity index is 1050. The molecule has 11 heteroatoms. The van der Waals surface area contributed by atoms with Gasteiger partial charge < -0.3 is 14.3 Å². The number of Topliss-reactive ketones (excluding diaryl/α,β-unsaturated/α-hetero) is 1. The van der Waals surface area contributed by atoms with Gasteiger partial charge in [0.2, 0.25) is 0 Å². The molecule has 3 rings (SSSR count). The van der Waals surface area contributed by atoms with Crippen LogP contribution < -0.4 is 0 Å². The molecule has 0 aromatic carbocycles. The first-order valence-corrected chi connectivity index (χ1v) is 12.0. The molecule has 0 bridgehead atoms. The van der Waals surface area contributed by atoms with E-state index in [1.807, 2.05) is 7.05 Å². The number of ketones is 1. The van der Waals surface area contributed by atoms with Crippen molar-refractivity contribution in [2.24, 2.45) is 13.0 Å². The van der Waals surface area contributed by atoms with Crippen LogP contribution in [-0.2, 0) is 28.0 Å². The highest BCUT2D eigenvalue weighted by Gasteiger charge is 2.29. The minimum atomic E-state index is -2.93. The summed E-state index contributed by atoms with van der Waals surface area (Å²) >= 11 is 1.25. The zero-order valence-electron chi connectivity index (χ0n) is 16.8. The number of aromatic nitrogens is 4. The Morgan fingerprint density at radius 2 is 2.03 bits per heavy atom. The zero-order valence-corrected chi connectivity index (χ0v) is 18.4. The fourth-order valence-electron chi connectivity index (χ4n) is 3.58. The van der Waals surface area contributed by atoms with Gasteiger partial charge in [-0.05, 0) is 31.7 Å². The summed E-state index contributed by atoms with van der Waals surface area (Å²) in [4.78, 5) is 27.5. The summed E-state index contributed by atoms with van der Waals surface area (Å²) in [5, 5.41) is 8.89. The van der Waals surface area contributed by atoms with Crippen LogP contribution in [0.4, 0.5) is 0 Å². The molecule has 2 aromatic rings. The van der Waals surface area contributed by atoms with Crippen LogP contribution >= 0.6 is 11.8 Å². The first kappa shape index (κ1) is 21.6. The molecule has 29 heavy (non-hydrogen) atoms. The Balaban J connectivity index is 1.66. The molecule has 9 nitrogen and oxygen atoms in total. The molecule has 0 amide bonds. The first-order valence-electron chi connectivity index (χ1n) is 9.15. The van der Waals surface area contributed by atoms with Gasteiger partial charge in [0.1, 0.15) is 5.82 Å². The number of aryl methyl sites for hydroxylation is 1. The topological polar surface area (TPSA) is 124 Å². The molecule has 1 atom stereocenters. The van der Waals surface area contributed by atoms with Crippen molar-refractivity contribution in [2.45, 2.75) is 31.8 Å². The first-order chi connectivity index (χ1) is 13.6. The van der Waals surface area contributed by atoms with E-state index in [0.717, 1.165) is 0 Å². The van der Waals surface area contributed by atoms with Crippen LogP contribution in [0.3, 0.4) is 0 Å². The van der Waals surface area contributed by atoms with Crippen LogP contribution in [-0.4, -0.2) is 64.3 Å². The van der Waals surface area contributed by atoms with E-state index >= 15 is 0 Å². The number of rotatable bonds is 7. The molecule has 0 radical (unpaired) electrons. The van der Waals surface area contributed by atoms with Crippen LogP contribution in [0.5, 0.6) is 0 Å². The van der Waals surface area contributed by atoms with Crippen LogP contribution in [0.25, 0.3) is 0 Å². The third-order valence-corrected chi connectivity index (χ3v) is 8.02. The van der Waals surface area contributed by atoms with Gasteiger partial charge in [-0.2, -0.15) is 0 Å². The molecule has 0 saturated carbocycles. The molecule has 0 aliphatic carbocycles. The standard InChI is InChI=1S/C18H24N4O5S2/c1-10-15(17(24)27-4)11(2)19-16(10)13(23)8-28-18-21-20-14(22(18)3)7-12-5-6-29(25,26)9-12/h12,19H,5-9H2,1-4H3. The van der Waals surface area contributed by atoms with E-state index in [9.17, 15) is 18.0 Å². The van der Waals surface area contributed by atoms with E-state index in [4.69, 9.17) is 4.74 Å². The summed E-state index contributed by atoms with van der Waals surface area (Å²) in [7, 11) is 0.183. The predicted octanol–water partition coefficient (Wildman–Crippen LogP) is 1.50. The largest absolute Gasteiger partial charge is 0.465 e. The van der Waals surface area contributed by atoms with E-state index < -0.39 is 15.8 Å². The van der Waals surface area contributed by atoms with Crippen molar-refractivity contribution in [2.75, 3.05) is 24.4 Å². The Hall–Kier alpha value is -2.14. The lowest BCUT2D eigenvalue weighted by Gasteiger charge is -2.07. The fourth-order valence-corrected chi connectivity index (χ4v) is 6.24. The summed E-state index contributed by atoms with van der Waals surface area (Å²) < 4.78 is 29.8. The highest BCUT2D eigenvalue weighted by Crippen LogP contribution is 2.25. The highest BCUT2D eigenvalue weighted by molar-refractivity contribution is 7.99. The SMILES string of the molecule is COC(=O)c1c(C)[nH]c(C(=O)CSc2nnc(CC3CCS(=O)(=O)C3)n2C)c1C. The number of ether oxygens (including phenoxy) is 1. The van der Waals surface area contributed by atoms with Crippen molar-refractivity contribution in [3.8, 4) is 0 Å². The van der Waals surface area contributed by atoms with Crippen LogP contribution in [0, 0.1) is 19.8 Å². The number of hydrogen-bond donors (Lipinski definition) is 1. The maximum atomic E-state index is 12.7. The minimum Gasteiger partial charge on any atom is -0.465 e. The summed E-state index contributed by atoms with van der Waals surface area (Å²) in [5.41, 5.74) is 1.93. The van der Waals surface area contributed by atoms with Crippen molar-refractivity contribution in [1.82, 2.24) is 19.7 Å². The van der Waals surface area contributed by atoms with Crippen LogP contribution in [0.15, 0.2) is 5.16 Å².